The number of rotatable bonds is 6. The van der Waals surface area contributed by atoms with E-state index in [1.807, 2.05) is 0 Å². The molecule has 1 aliphatic rings. The maximum atomic E-state index is 11.7. The molecule has 2 atom stereocenters. The van der Waals surface area contributed by atoms with Gasteiger partial charge in [-0.3, -0.25) is 4.79 Å². The van der Waals surface area contributed by atoms with Gasteiger partial charge in [-0.15, -0.1) is 0 Å². The number of primary amides is 1. The first-order chi connectivity index (χ1) is 10.1. The van der Waals surface area contributed by atoms with Crippen LogP contribution in [0.4, 0.5) is 0 Å². The summed E-state index contributed by atoms with van der Waals surface area (Å²) in [7, 11) is 0. The fourth-order valence-corrected chi connectivity index (χ4v) is 1.94. The molecule has 0 saturated carbocycles. The Labute approximate surface area is 123 Å². The lowest BCUT2D eigenvalue weighted by Gasteiger charge is -2.12. The first-order valence-electron chi connectivity index (χ1n) is 6.91. The lowest BCUT2D eigenvalue weighted by atomic mass is 10.2. The van der Waals surface area contributed by atoms with Gasteiger partial charge in [0, 0.05) is 6.61 Å². The summed E-state index contributed by atoms with van der Waals surface area (Å²) in [6.45, 7) is 2.72. The number of benzene rings is 1. The number of ether oxygens (including phenoxy) is 3. The van der Waals surface area contributed by atoms with Crippen molar-refractivity contribution in [2.75, 3.05) is 13.2 Å². The van der Waals surface area contributed by atoms with Gasteiger partial charge in [-0.25, -0.2) is 4.79 Å². The first-order valence-corrected chi connectivity index (χ1v) is 6.91. The van der Waals surface area contributed by atoms with Gasteiger partial charge in [0.15, 0.2) is 6.10 Å². The second-order valence-electron chi connectivity index (χ2n) is 4.92. The van der Waals surface area contributed by atoms with Gasteiger partial charge in [-0.2, -0.15) is 0 Å². The molecule has 0 aliphatic carbocycles. The Morgan fingerprint density at radius 3 is 2.67 bits per heavy atom. The molecule has 1 aromatic rings. The van der Waals surface area contributed by atoms with Gasteiger partial charge >= 0.3 is 5.97 Å². The summed E-state index contributed by atoms with van der Waals surface area (Å²) < 4.78 is 16.0. The van der Waals surface area contributed by atoms with Crippen LogP contribution in [-0.2, 0) is 14.3 Å². The van der Waals surface area contributed by atoms with Crippen LogP contribution >= 0.6 is 0 Å². The first kappa shape index (κ1) is 15.3. The second kappa shape index (κ2) is 7.08. The van der Waals surface area contributed by atoms with Gasteiger partial charge < -0.3 is 19.9 Å². The third-order valence-corrected chi connectivity index (χ3v) is 3.23. The number of nitrogens with two attached hydrogens (primary N) is 1. The van der Waals surface area contributed by atoms with Crippen LogP contribution in [0.15, 0.2) is 24.3 Å². The number of hydrogen-bond donors (Lipinski definition) is 1. The highest BCUT2D eigenvalue weighted by Crippen LogP contribution is 2.17. The van der Waals surface area contributed by atoms with Crippen LogP contribution in [0.1, 0.15) is 30.1 Å². The molecule has 1 amide bonds. The van der Waals surface area contributed by atoms with E-state index >= 15 is 0 Å². The third kappa shape index (κ3) is 4.46. The van der Waals surface area contributed by atoms with E-state index in [9.17, 15) is 9.59 Å². The van der Waals surface area contributed by atoms with E-state index < -0.39 is 18.0 Å². The molecule has 2 rings (SSSR count). The van der Waals surface area contributed by atoms with Crippen LogP contribution in [-0.4, -0.2) is 37.3 Å². The molecule has 0 spiro atoms. The molecule has 1 saturated heterocycles. The summed E-state index contributed by atoms with van der Waals surface area (Å²) in [6, 6.07) is 6.53. The van der Waals surface area contributed by atoms with Crippen LogP contribution in [0.2, 0.25) is 0 Å². The average molecular weight is 293 g/mol. The molecule has 1 aromatic carbocycles. The van der Waals surface area contributed by atoms with Crippen molar-refractivity contribution in [3.8, 4) is 5.75 Å². The molecule has 1 fully saturated rings. The molecular weight excluding hydrogens is 274 g/mol. The third-order valence-electron chi connectivity index (χ3n) is 3.23. The van der Waals surface area contributed by atoms with E-state index in [-0.39, 0.29) is 6.10 Å². The molecule has 0 unspecified atom stereocenters. The molecule has 0 radical (unpaired) electrons. The van der Waals surface area contributed by atoms with Crippen molar-refractivity contribution in [1.29, 1.82) is 0 Å². The van der Waals surface area contributed by atoms with Gasteiger partial charge in [-0.05, 0) is 44.0 Å². The van der Waals surface area contributed by atoms with Crippen molar-refractivity contribution in [1.82, 2.24) is 0 Å². The fraction of sp³-hybridized carbons (Fsp3) is 0.467. The van der Waals surface area contributed by atoms with E-state index in [0.717, 1.165) is 19.4 Å². The molecule has 1 aliphatic heterocycles. The Balaban J connectivity index is 1.85. The van der Waals surface area contributed by atoms with Crippen molar-refractivity contribution < 1.29 is 23.8 Å². The number of amides is 1. The predicted molar refractivity (Wildman–Crippen MR) is 75.0 cm³/mol. The highest BCUT2D eigenvalue weighted by molar-refractivity contribution is 5.92. The molecule has 0 bridgehead atoms. The highest BCUT2D eigenvalue weighted by atomic mass is 16.5. The quantitative estimate of drug-likeness (QED) is 0.798. The van der Waals surface area contributed by atoms with Gasteiger partial charge in [0.2, 0.25) is 0 Å². The van der Waals surface area contributed by atoms with Gasteiger partial charge in [0.05, 0.1) is 11.7 Å². The van der Waals surface area contributed by atoms with Crippen molar-refractivity contribution in [2.45, 2.75) is 32.0 Å². The van der Waals surface area contributed by atoms with E-state index in [1.165, 1.54) is 6.92 Å². The van der Waals surface area contributed by atoms with Gasteiger partial charge in [0.25, 0.3) is 5.91 Å². The zero-order valence-electron chi connectivity index (χ0n) is 11.9. The average Bonchev–Trinajstić information content (AvgIpc) is 2.98. The number of hydrogen-bond acceptors (Lipinski definition) is 5. The predicted octanol–water partition coefficient (Wildman–Crippen LogP) is 1.27. The molecule has 2 N–H and O–H groups in total. The summed E-state index contributed by atoms with van der Waals surface area (Å²) in [4.78, 5) is 22.6. The Kier molecular flexibility index (Phi) is 5.16. The molecule has 6 heteroatoms. The summed E-state index contributed by atoms with van der Waals surface area (Å²) in [5.41, 5.74) is 5.38. The minimum absolute atomic E-state index is 0.144. The van der Waals surface area contributed by atoms with Gasteiger partial charge in [-0.1, -0.05) is 0 Å². The normalized spacial score (nSPS) is 19.0. The van der Waals surface area contributed by atoms with Crippen LogP contribution in [0.5, 0.6) is 5.75 Å². The maximum Gasteiger partial charge on any atom is 0.338 e. The molecule has 1 heterocycles. The van der Waals surface area contributed by atoms with Crippen molar-refractivity contribution in [3.05, 3.63) is 29.8 Å². The number of esters is 1. The second-order valence-corrected chi connectivity index (χ2v) is 4.92. The van der Waals surface area contributed by atoms with Crippen LogP contribution in [0.3, 0.4) is 0 Å². The molecule has 6 nitrogen and oxygen atoms in total. The van der Waals surface area contributed by atoms with Crippen molar-refractivity contribution in [2.24, 2.45) is 5.73 Å². The van der Waals surface area contributed by atoms with Crippen LogP contribution in [0.25, 0.3) is 0 Å². The summed E-state index contributed by atoms with van der Waals surface area (Å²) in [6.07, 6.45) is 1.27. The van der Waals surface area contributed by atoms with E-state index in [0.29, 0.717) is 17.9 Å². The van der Waals surface area contributed by atoms with E-state index in [2.05, 4.69) is 0 Å². The minimum Gasteiger partial charge on any atom is -0.491 e. The summed E-state index contributed by atoms with van der Waals surface area (Å²) in [5, 5.41) is 0. The van der Waals surface area contributed by atoms with E-state index in [1.54, 1.807) is 24.3 Å². The maximum absolute atomic E-state index is 11.7. The molecule has 0 aromatic heterocycles. The highest BCUT2D eigenvalue weighted by Gasteiger charge is 2.17. The van der Waals surface area contributed by atoms with Crippen LogP contribution in [0, 0.1) is 0 Å². The summed E-state index contributed by atoms with van der Waals surface area (Å²) >= 11 is 0. The molecule has 21 heavy (non-hydrogen) atoms. The largest absolute Gasteiger partial charge is 0.491 e. The number of carbonyl (C=O) groups excluding carboxylic acids is 2. The van der Waals surface area contributed by atoms with E-state index in [4.69, 9.17) is 19.9 Å². The Morgan fingerprint density at radius 2 is 2.10 bits per heavy atom. The SMILES string of the molecule is C[C@H](OC(=O)c1ccc(OC[C@H]2CCCO2)cc1)C(N)=O. The standard InChI is InChI=1S/C15H19NO5/c1-10(14(16)17)21-15(18)11-4-6-12(7-5-11)20-9-13-3-2-8-19-13/h4-7,10,13H,2-3,8-9H2,1H3,(H2,16,17)/t10-,13+/m0/s1. The Hall–Kier alpha value is -2.08. The Morgan fingerprint density at radius 1 is 1.38 bits per heavy atom. The lowest BCUT2D eigenvalue weighted by molar-refractivity contribution is -0.125. The molecule has 114 valence electrons. The zero-order chi connectivity index (χ0) is 15.2. The zero-order valence-corrected chi connectivity index (χ0v) is 11.9. The summed E-state index contributed by atoms with van der Waals surface area (Å²) in [5.74, 6) is -0.614. The monoisotopic (exact) mass is 293 g/mol. The topological polar surface area (TPSA) is 87.8 Å². The van der Waals surface area contributed by atoms with Crippen molar-refractivity contribution >= 4 is 11.9 Å². The van der Waals surface area contributed by atoms with Gasteiger partial charge in [0.1, 0.15) is 12.4 Å². The Bertz CT molecular complexity index is 493. The fourth-order valence-electron chi connectivity index (χ4n) is 1.94. The molecular formula is C15H19NO5. The minimum atomic E-state index is -0.951. The smallest absolute Gasteiger partial charge is 0.338 e. The lowest BCUT2D eigenvalue weighted by Crippen LogP contribution is -2.30. The number of carbonyl (C=O) groups is 2. The van der Waals surface area contributed by atoms with Crippen molar-refractivity contribution in [3.63, 3.8) is 0 Å². The van der Waals surface area contributed by atoms with Crippen LogP contribution < -0.4 is 10.5 Å².